The van der Waals surface area contributed by atoms with Crippen molar-refractivity contribution in [3.63, 3.8) is 0 Å². The molecule has 20 heavy (non-hydrogen) atoms. The number of halogens is 1. The molecule has 2 amide bonds. The van der Waals surface area contributed by atoms with Crippen LogP contribution in [0.4, 0.5) is 0 Å². The molecule has 0 fully saturated rings. The summed E-state index contributed by atoms with van der Waals surface area (Å²) in [4.78, 5) is 27.0. The quantitative estimate of drug-likeness (QED) is 0.887. The highest BCUT2D eigenvalue weighted by molar-refractivity contribution is 6.30. The summed E-state index contributed by atoms with van der Waals surface area (Å²) in [7, 11) is 0. The summed E-state index contributed by atoms with van der Waals surface area (Å²) in [5.74, 6) is -0.495. The van der Waals surface area contributed by atoms with Gasteiger partial charge in [0, 0.05) is 19.3 Å². The lowest BCUT2D eigenvalue weighted by Crippen LogP contribution is -2.43. The number of pyridine rings is 1. The Kier molecular flexibility index (Phi) is 4.24. The van der Waals surface area contributed by atoms with E-state index in [2.05, 4.69) is 15.6 Å². The summed E-state index contributed by atoms with van der Waals surface area (Å²) in [6, 6.07) is 2.98. The van der Waals surface area contributed by atoms with E-state index < -0.39 is 6.04 Å². The molecule has 2 heterocycles. The third-order valence-electron chi connectivity index (χ3n) is 2.72. The Bertz CT molecular complexity index is 653. The third-order valence-corrected chi connectivity index (χ3v) is 2.95. The highest BCUT2D eigenvalue weighted by atomic mass is 35.5. The summed E-state index contributed by atoms with van der Waals surface area (Å²) >= 11 is 5.89. The molecule has 0 aliphatic carbocycles. The zero-order valence-corrected chi connectivity index (χ0v) is 11.9. The Morgan fingerprint density at radius 1 is 1.40 bits per heavy atom. The van der Waals surface area contributed by atoms with E-state index in [0.717, 1.165) is 11.3 Å². The molecular weight excluding hydrogens is 280 g/mol. The largest absolute Gasteiger partial charge is 0.349 e. The SMILES string of the molecule is CC(=O)N[C@@H](C)C(=O)NCc1cn2cc(Cl)ccc2n1. The molecule has 0 aliphatic heterocycles. The van der Waals surface area contributed by atoms with Crippen LogP contribution in [-0.2, 0) is 16.1 Å². The standard InChI is InChI=1S/C13H15ClN4O2/c1-8(16-9(2)19)13(20)15-5-11-7-18-6-10(14)3-4-12(18)17-11/h3-4,6-8H,5H2,1-2H3,(H,15,20)(H,16,19)/t8-/m0/s1. The average Bonchev–Trinajstić information content (AvgIpc) is 2.76. The molecule has 106 valence electrons. The topological polar surface area (TPSA) is 75.5 Å². The van der Waals surface area contributed by atoms with Gasteiger partial charge < -0.3 is 15.0 Å². The van der Waals surface area contributed by atoms with Crippen LogP contribution in [0.25, 0.3) is 5.65 Å². The number of carbonyl (C=O) groups excluding carboxylic acids is 2. The number of amides is 2. The van der Waals surface area contributed by atoms with Gasteiger partial charge in [0.15, 0.2) is 0 Å². The molecule has 0 radical (unpaired) electrons. The Morgan fingerprint density at radius 3 is 2.85 bits per heavy atom. The van der Waals surface area contributed by atoms with E-state index in [9.17, 15) is 9.59 Å². The maximum absolute atomic E-state index is 11.7. The lowest BCUT2D eigenvalue weighted by atomic mass is 10.3. The van der Waals surface area contributed by atoms with Crippen molar-refractivity contribution < 1.29 is 9.59 Å². The fourth-order valence-electron chi connectivity index (χ4n) is 1.80. The van der Waals surface area contributed by atoms with Crippen molar-refractivity contribution in [2.45, 2.75) is 26.4 Å². The first kappa shape index (κ1) is 14.3. The minimum Gasteiger partial charge on any atom is -0.349 e. The summed E-state index contributed by atoms with van der Waals surface area (Å²) in [6.07, 6.45) is 3.54. The number of carbonyl (C=O) groups is 2. The first-order chi connectivity index (χ1) is 9.45. The smallest absolute Gasteiger partial charge is 0.242 e. The molecule has 2 aromatic heterocycles. The first-order valence-corrected chi connectivity index (χ1v) is 6.51. The van der Waals surface area contributed by atoms with Gasteiger partial charge in [-0.05, 0) is 19.1 Å². The van der Waals surface area contributed by atoms with Crippen LogP contribution in [0.2, 0.25) is 5.02 Å². The molecule has 0 unspecified atom stereocenters. The Balaban J connectivity index is 1.98. The second-order valence-corrected chi connectivity index (χ2v) is 4.92. The molecular formula is C13H15ClN4O2. The van der Waals surface area contributed by atoms with Gasteiger partial charge in [-0.3, -0.25) is 9.59 Å². The van der Waals surface area contributed by atoms with Crippen LogP contribution in [0.15, 0.2) is 24.5 Å². The van der Waals surface area contributed by atoms with Crippen molar-refractivity contribution in [3.8, 4) is 0 Å². The second-order valence-electron chi connectivity index (χ2n) is 4.49. The molecule has 6 nitrogen and oxygen atoms in total. The van der Waals surface area contributed by atoms with E-state index in [1.807, 2.05) is 0 Å². The highest BCUT2D eigenvalue weighted by Gasteiger charge is 2.13. The summed E-state index contributed by atoms with van der Waals surface area (Å²) in [5, 5.41) is 5.85. The molecule has 0 aliphatic rings. The normalized spacial score (nSPS) is 12.2. The predicted octanol–water partition coefficient (Wildman–Crippen LogP) is 1.13. The van der Waals surface area contributed by atoms with Crippen molar-refractivity contribution >= 4 is 29.1 Å². The van der Waals surface area contributed by atoms with E-state index in [1.54, 1.807) is 35.9 Å². The van der Waals surface area contributed by atoms with Crippen LogP contribution in [0.3, 0.4) is 0 Å². The fraction of sp³-hybridized carbons (Fsp3) is 0.308. The van der Waals surface area contributed by atoms with Gasteiger partial charge in [-0.2, -0.15) is 0 Å². The van der Waals surface area contributed by atoms with Crippen molar-refractivity contribution in [3.05, 3.63) is 35.2 Å². The van der Waals surface area contributed by atoms with Gasteiger partial charge in [-0.25, -0.2) is 4.98 Å². The summed E-state index contributed by atoms with van der Waals surface area (Å²) in [6.45, 7) is 3.29. The molecule has 0 saturated heterocycles. The van der Waals surface area contributed by atoms with Gasteiger partial charge in [-0.1, -0.05) is 11.6 Å². The van der Waals surface area contributed by atoms with Gasteiger partial charge in [-0.15, -0.1) is 0 Å². The van der Waals surface area contributed by atoms with Gasteiger partial charge in [0.05, 0.1) is 17.3 Å². The predicted molar refractivity (Wildman–Crippen MR) is 75.3 cm³/mol. The molecule has 0 aromatic carbocycles. The first-order valence-electron chi connectivity index (χ1n) is 6.13. The summed E-state index contributed by atoms with van der Waals surface area (Å²) < 4.78 is 1.79. The van der Waals surface area contributed by atoms with Crippen LogP contribution in [0.1, 0.15) is 19.5 Å². The van der Waals surface area contributed by atoms with E-state index in [4.69, 9.17) is 11.6 Å². The van der Waals surface area contributed by atoms with Crippen LogP contribution in [-0.4, -0.2) is 27.2 Å². The number of rotatable bonds is 4. The highest BCUT2D eigenvalue weighted by Crippen LogP contribution is 2.11. The Hall–Kier alpha value is -2.08. The number of imidazole rings is 1. The van der Waals surface area contributed by atoms with Crippen LogP contribution in [0, 0.1) is 0 Å². The fourth-order valence-corrected chi connectivity index (χ4v) is 1.97. The number of hydrogen-bond acceptors (Lipinski definition) is 3. The Morgan fingerprint density at radius 2 is 2.15 bits per heavy atom. The monoisotopic (exact) mass is 294 g/mol. The lowest BCUT2D eigenvalue weighted by Gasteiger charge is -2.11. The second kappa shape index (κ2) is 5.92. The molecule has 2 aromatic rings. The zero-order chi connectivity index (χ0) is 14.7. The molecule has 2 rings (SSSR count). The number of fused-ring (bicyclic) bond motifs is 1. The summed E-state index contributed by atoms with van der Waals surface area (Å²) in [5.41, 5.74) is 1.48. The Labute approximate surface area is 121 Å². The van der Waals surface area contributed by atoms with Gasteiger partial charge in [0.2, 0.25) is 11.8 Å². The minimum atomic E-state index is -0.570. The van der Waals surface area contributed by atoms with E-state index in [-0.39, 0.29) is 11.8 Å². The number of hydrogen-bond donors (Lipinski definition) is 2. The number of nitrogens with zero attached hydrogens (tertiary/aromatic N) is 2. The van der Waals surface area contributed by atoms with Crippen LogP contribution < -0.4 is 10.6 Å². The molecule has 1 atom stereocenters. The third kappa shape index (κ3) is 3.48. The van der Waals surface area contributed by atoms with E-state index in [1.165, 1.54) is 6.92 Å². The van der Waals surface area contributed by atoms with Gasteiger partial charge in [0.1, 0.15) is 11.7 Å². The molecule has 2 N–H and O–H groups in total. The lowest BCUT2D eigenvalue weighted by molar-refractivity contribution is -0.127. The van der Waals surface area contributed by atoms with Crippen LogP contribution in [0.5, 0.6) is 0 Å². The van der Waals surface area contributed by atoms with Gasteiger partial charge >= 0.3 is 0 Å². The van der Waals surface area contributed by atoms with E-state index in [0.29, 0.717) is 11.6 Å². The maximum atomic E-state index is 11.7. The number of aromatic nitrogens is 2. The van der Waals surface area contributed by atoms with Crippen molar-refractivity contribution in [2.75, 3.05) is 0 Å². The van der Waals surface area contributed by atoms with Crippen molar-refractivity contribution in [1.29, 1.82) is 0 Å². The molecule has 0 saturated carbocycles. The van der Waals surface area contributed by atoms with E-state index >= 15 is 0 Å². The maximum Gasteiger partial charge on any atom is 0.242 e. The number of nitrogens with one attached hydrogen (secondary N) is 2. The van der Waals surface area contributed by atoms with Gasteiger partial charge in [0.25, 0.3) is 0 Å². The van der Waals surface area contributed by atoms with Crippen molar-refractivity contribution in [1.82, 2.24) is 20.0 Å². The van der Waals surface area contributed by atoms with Crippen LogP contribution >= 0.6 is 11.6 Å². The molecule has 7 heteroatoms. The molecule has 0 spiro atoms. The average molecular weight is 295 g/mol. The molecule has 0 bridgehead atoms. The minimum absolute atomic E-state index is 0.241. The zero-order valence-electron chi connectivity index (χ0n) is 11.2. The van der Waals surface area contributed by atoms with Crippen molar-refractivity contribution in [2.24, 2.45) is 0 Å².